The number of hydrogen-bond donors (Lipinski definition) is 1. The Morgan fingerprint density at radius 2 is 1.64 bits per heavy atom. The van der Waals surface area contributed by atoms with Gasteiger partial charge in [0.05, 0.1) is 5.75 Å². The number of nitrogens with one attached hydrogen (secondary N) is 1. The fourth-order valence-electron chi connectivity index (χ4n) is 3.78. The van der Waals surface area contributed by atoms with E-state index in [1.807, 2.05) is 71.6 Å². The first-order chi connectivity index (χ1) is 15.7. The van der Waals surface area contributed by atoms with E-state index in [2.05, 4.69) is 38.2 Å². The van der Waals surface area contributed by atoms with Gasteiger partial charge in [-0.3, -0.25) is 14.5 Å². The molecule has 2 atom stereocenters. The smallest absolute Gasteiger partial charge is 0.246 e. The number of carbonyl (C=O) groups is 2. The van der Waals surface area contributed by atoms with Gasteiger partial charge in [-0.15, -0.1) is 23.4 Å². The summed E-state index contributed by atoms with van der Waals surface area (Å²) in [5.74, 6) is 0.259. The van der Waals surface area contributed by atoms with Crippen molar-refractivity contribution in [1.82, 2.24) is 0 Å². The lowest BCUT2D eigenvalue weighted by molar-refractivity contribution is -0.116. The van der Waals surface area contributed by atoms with Crippen LogP contribution in [0.4, 0.5) is 11.4 Å². The molecule has 0 saturated carbocycles. The SMILES string of the molecule is CC(C)(C)c1ccc(N2C(=O)CS[C@H]2c2ccc(NC(=O)[C@@H](Cl)c3ccccc3)cc2)cc1. The van der Waals surface area contributed by atoms with Gasteiger partial charge in [-0.25, -0.2) is 0 Å². The molecule has 1 N–H and O–H groups in total. The van der Waals surface area contributed by atoms with Crippen molar-refractivity contribution in [3.8, 4) is 0 Å². The first kappa shape index (κ1) is 23.4. The van der Waals surface area contributed by atoms with Crippen molar-refractivity contribution in [2.24, 2.45) is 0 Å². The van der Waals surface area contributed by atoms with Gasteiger partial charge >= 0.3 is 0 Å². The third kappa shape index (κ3) is 5.26. The highest BCUT2D eigenvalue weighted by molar-refractivity contribution is 8.00. The molecule has 0 radical (unpaired) electrons. The van der Waals surface area contributed by atoms with E-state index in [0.717, 1.165) is 16.8 Å². The molecule has 1 fully saturated rings. The van der Waals surface area contributed by atoms with Crippen LogP contribution < -0.4 is 10.2 Å². The largest absolute Gasteiger partial charge is 0.325 e. The molecule has 3 aromatic rings. The summed E-state index contributed by atoms with van der Waals surface area (Å²) < 4.78 is 0. The minimum atomic E-state index is -0.763. The number of carbonyl (C=O) groups excluding carboxylic acids is 2. The van der Waals surface area contributed by atoms with Gasteiger partial charge in [0, 0.05) is 11.4 Å². The second kappa shape index (κ2) is 9.62. The molecule has 1 heterocycles. The fourth-order valence-corrected chi connectivity index (χ4v) is 5.16. The van der Waals surface area contributed by atoms with Crippen LogP contribution in [0.2, 0.25) is 0 Å². The molecule has 0 spiro atoms. The predicted molar refractivity (Wildman–Crippen MR) is 138 cm³/mol. The van der Waals surface area contributed by atoms with E-state index in [0.29, 0.717) is 11.4 Å². The van der Waals surface area contributed by atoms with Gasteiger partial charge in [0.1, 0.15) is 10.8 Å². The molecule has 4 rings (SSSR count). The van der Waals surface area contributed by atoms with Gasteiger partial charge in [-0.05, 0) is 46.4 Å². The van der Waals surface area contributed by atoms with Gasteiger partial charge in [0.25, 0.3) is 0 Å². The van der Waals surface area contributed by atoms with Crippen LogP contribution >= 0.6 is 23.4 Å². The van der Waals surface area contributed by atoms with Crippen LogP contribution in [0, 0.1) is 0 Å². The Morgan fingerprint density at radius 1 is 1.00 bits per heavy atom. The zero-order valence-corrected chi connectivity index (χ0v) is 20.5. The lowest BCUT2D eigenvalue weighted by atomic mass is 9.87. The molecule has 6 heteroatoms. The maximum absolute atomic E-state index is 12.7. The molecule has 4 nitrogen and oxygen atoms in total. The quantitative estimate of drug-likeness (QED) is 0.416. The molecule has 170 valence electrons. The zero-order valence-electron chi connectivity index (χ0n) is 18.9. The van der Waals surface area contributed by atoms with E-state index in [1.165, 1.54) is 5.56 Å². The average Bonchev–Trinajstić information content (AvgIpc) is 3.20. The third-order valence-corrected chi connectivity index (χ3v) is 7.33. The summed E-state index contributed by atoms with van der Waals surface area (Å²) in [6.07, 6.45) is 0. The number of alkyl halides is 1. The molecule has 1 aliphatic rings. The lowest BCUT2D eigenvalue weighted by Gasteiger charge is -2.26. The fraction of sp³-hybridized carbons (Fsp3) is 0.259. The van der Waals surface area contributed by atoms with Crippen LogP contribution in [0.1, 0.15) is 48.2 Å². The first-order valence-electron chi connectivity index (χ1n) is 10.9. The van der Waals surface area contributed by atoms with E-state index in [-0.39, 0.29) is 22.6 Å². The number of benzene rings is 3. The van der Waals surface area contributed by atoms with Crippen LogP contribution in [0.25, 0.3) is 0 Å². The van der Waals surface area contributed by atoms with Gasteiger partial charge in [-0.2, -0.15) is 0 Å². The minimum Gasteiger partial charge on any atom is -0.325 e. The Morgan fingerprint density at radius 3 is 2.24 bits per heavy atom. The monoisotopic (exact) mass is 478 g/mol. The Hall–Kier alpha value is -2.76. The molecule has 0 bridgehead atoms. The molecule has 33 heavy (non-hydrogen) atoms. The van der Waals surface area contributed by atoms with Crippen molar-refractivity contribution < 1.29 is 9.59 Å². The van der Waals surface area contributed by atoms with Crippen LogP contribution in [0.5, 0.6) is 0 Å². The second-order valence-electron chi connectivity index (χ2n) is 9.11. The van der Waals surface area contributed by atoms with Crippen LogP contribution in [0.3, 0.4) is 0 Å². The Labute approximate surface area is 204 Å². The number of rotatable bonds is 5. The Kier molecular flexibility index (Phi) is 6.82. The van der Waals surface area contributed by atoms with E-state index in [9.17, 15) is 9.59 Å². The number of hydrogen-bond acceptors (Lipinski definition) is 3. The summed E-state index contributed by atoms with van der Waals surface area (Å²) in [5, 5.41) is 2.00. The molecule has 3 aromatic carbocycles. The Bertz CT molecular complexity index is 1130. The van der Waals surface area contributed by atoms with Crippen LogP contribution in [-0.2, 0) is 15.0 Å². The summed E-state index contributed by atoms with van der Waals surface area (Å²) in [5.41, 5.74) is 4.62. The summed E-state index contributed by atoms with van der Waals surface area (Å²) >= 11 is 7.93. The predicted octanol–water partition coefficient (Wildman–Crippen LogP) is 6.68. The molecule has 0 aromatic heterocycles. The van der Waals surface area contributed by atoms with E-state index >= 15 is 0 Å². The molecule has 1 aliphatic heterocycles. The van der Waals surface area contributed by atoms with Crippen molar-refractivity contribution in [3.05, 3.63) is 95.6 Å². The third-order valence-electron chi connectivity index (χ3n) is 5.67. The van der Waals surface area contributed by atoms with Crippen LogP contribution in [-0.4, -0.2) is 17.6 Å². The molecule has 0 aliphatic carbocycles. The number of nitrogens with zero attached hydrogens (tertiary/aromatic N) is 1. The number of anilines is 2. The highest BCUT2D eigenvalue weighted by atomic mass is 35.5. The summed E-state index contributed by atoms with van der Waals surface area (Å²) in [6.45, 7) is 6.52. The van der Waals surface area contributed by atoms with Gasteiger partial charge in [0.15, 0.2) is 0 Å². The first-order valence-corrected chi connectivity index (χ1v) is 12.4. The van der Waals surface area contributed by atoms with Gasteiger partial charge in [0.2, 0.25) is 11.8 Å². The highest BCUT2D eigenvalue weighted by Crippen LogP contribution is 2.42. The number of halogens is 1. The minimum absolute atomic E-state index is 0.0600. The number of thioether (sulfide) groups is 1. The maximum Gasteiger partial charge on any atom is 0.246 e. The molecule has 1 saturated heterocycles. The standard InChI is InChI=1S/C27H27ClN2O2S/c1-27(2,3)20-11-15-22(16-12-20)30-23(31)17-33-26(30)19-9-13-21(14-10-19)29-25(32)24(28)18-7-5-4-6-8-18/h4-16,24,26H,17H2,1-3H3,(H,29,32)/t24-,26-/m0/s1. The normalized spacial score (nSPS) is 17.2. The molecular weight excluding hydrogens is 452 g/mol. The van der Waals surface area contributed by atoms with Crippen molar-refractivity contribution in [3.63, 3.8) is 0 Å². The van der Waals surface area contributed by atoms with Gasteiger partial charge < -0.3 is 5.32 Å². The highest BCUT2D eigenvalue weighted by Gasteiger charge is 2.34. The molecule has 2 amide bonds. The van der Waals surface area contributed by atoms with Crippen molar-refractivity contribution in [1.29, 1.82) is 0 Å². The van der Waals surface area contributed by atoms with E-state index in [4.69, 9.17) is 11.6 Å². The average molecular weight is 479 g/mol. The topological polar surface area (TPSA) is 49.4 Å². The van der Waals surface area contributed by atoms with Gasteiger partial charge in [-0.1, -0.05) is 75.4 Å². The number of amides is 2. The van der Waals surface area contributed by atoms with Crippen molar-refractivity contribution in [2.75, 3.05) is 16.0 Å². The molecule has 0 unspecified atom stereocenters. The Balaban J connectivity index is 1.48. The van der Waals surface area contributed by atoms with Crippen molar-refractivity contribution >= 4 is 46.6 Å². The van der Waals surface area contributed by atoms with E-state index < -0.39 is 5.38 Å². The summed E-state index contributed by atoms with van der Waals surface area (Å²) in [7, 11) is 0. The van der Waals surface area contributed by atoms with E-state index in [1.54, 1.807) is 11.8 Å². The van der Waals surface area contributed by atoms with Crippen molar-refractivity contribution in [2.45, 2.75) is 36.9 Å². The lowest BCUT2D eigenvalue weighted by Crippen LogP contribution is -2.28. The maximum atomic E-state index is 12.7. The summed E-state index contributed by atoms with van der Waals surface area (Å²) in [6, 6.07) is 25.1. The van der Waals surface area contributed by atoms with Crippen LogP contribution in [0.15, 0.2) is 78.9 Å². The molecular formula is C27H27ClN2O2S. The second-order valence-corrected chi connectivity index (χ2v) is 10.6. The summed E-state index contributed by atoms with van der Waals surface area (Å²) in [4.78, 5) is 27.1. The zero-order chi connectivity index (χ0) is 23.6.